The molecule has 6 nitrogen and oxygen atoms in total. The van der Waals surface area contributed by atoms with Gasteiger partial charge in [-0.3, -0.25) is 9.52 Å². The summed E-state index contributed by atoms with van der Waals surface area (Å²) in [5.41, 5.74) is -1.16. The van der Waals surface area contributed by atoms with Gasteiger partial charge < -0.3 is 9.73 Å². The molecule has 1 aromatic heterocycles. The molecule has 1 unspecified atom stereocenters. The lowest BCUT2D eigenvalue weighted by molar-refractivity contribution is -0.137. The minimum Gasteiger partial charge on any atom is -0.467 e. The van der Waals surface area contributed by atoms with E-state index in [4.69, 9.17) is 4.42 Å². The Kier molecular flexibility index (Phi) is 5.88. The number of furan rings is 1. The molecule has 158 valence electrons. The Morgan fingerprint density at radius 2 is 1.77 bits per heavy atom. The third-order valence-electron chi connectivity index (χ3n) is 4.17. The predicted molar refractivity (Wildman–Crippen MR) is 103 cm³/mol. The van der Waals surface area contributed by atoms with Crippen LogP contribution in [0, 0.1) is 0 Å². The topological polar surface area (TPSA) is 88.4 Å². The second-order valence-corrected chi connectivity index (χ2v) is 8.10. The van der Waals surface area contributed by atoms with E-state index in [2.05, 4.69) is 10.0 Å². The molecule has 0 bridgehead atoms. The second-order valence-electron chi connectivity index (χ2n) is 6.42. The molecule has 1 heterocycles. The largest absolute Gasteiger partial charge is 0.467 e. The van der Waals surface area contributed by atoms with Gasteiger partial charge in [0, 0.05) is 11.3 Å². The van der Waals surface area contributed by atoms with E-state index >= 15 is 0 Å². The van der Waals surface area contributed by atoms with Gasteiger partial charge in [0.25, 0.3) is 15.9 Å². The first-order valence-corrected chi connectivity index (χ1v) is 10.2. The van der Waals surface area contributed by atoms with Crippen molar-refractivity contribution in [1.82, 2.24) is 5.32 Å². The molecule has 30 heavy (non-hydrogen) atoms. The van der Waals surface area contributed by atoms with Crippen LogP contribution in [0.15, 0.2) is 76.2 Å². The third kappa shape index (κ3) is 5.01. The summed E-state index contributed by atoms with van der Waals surface area (Å²) in [6.45, 7) is 1.70. The van der Waals surface area contributed by atoms with E-state index in [0.717, 1.165) is 18.2 Å². The minimum absolute atomic E-state index is 0.0697. The van der Waals surface area contributed by atoms with Gasteiger partial charge in [0.1, 0.15) is 5.76 Å². The summed E-state index contributed by atoms with van der Waals surface area (Å²) in [6, 6.07) is 11.9. The average Bonchev–Trinajstić information content (AvgIpc) is 3.22. The smallest absolute Gasteiger partial charge is 0.416 e. The van der Waals surface area contributed by atoms with E-state index in [0.29, 0.717) is 11.8 Å². The number of hydrogen-bond acceptors (Lipinski definition) is 4. The van der Waals surface area contributed by atoms with E-state index in [1.807, 2.05) is 0 Å². The van der Waals surface area contributed by atoms with Crippen LogP contribution in [0.4, 0.5) is 18.9 Å². The molecule has 0 fully saturated rings. The van der Waals surface area contributed by atoms with Gasteiger partial charge in [-0.1, -0.05) is 12.1 Å². The number of benzene rings is 2. The van der Waals surface area contributed by atoms with Crippen molar-refractivity contribution in [3.05, 3.63) is 83.8 Å². The van der Waals surface area contributed by atoms with Gasteiger partial charge in [0.2, 0.25) is 0 Å². The fourth-order valence-corrected chi connectivity index (χ4v) is 3.76. The standard InChI is InChI=1S/C20H17F3N2O4S/c1-13(18-9-4-10-29-18)24-19(26)14-5-2-8-17(11-14)30(27,28)25-16-7-3-6-15(12-16)20(21,22)23/h2-13,25H,1H3,(H,24,26). The highest BCUT2D eigenvalue weighted by molar-refractivity contribution is 7.92. The van der Waals surface area contributed by atoms with Crippen molar-refractivity contribution in [2.45, 2.75) is 24.0 Å². The highest BCUT2D eigenvalue weighted by Crippen LogP contribution is 2.31. The Bertz CT molecular complexity index is 1140. The van der Waals surface area contributed by atoms with Gasteiger partial charge in [-0.25, -0.2) is 8.42 Å². The van der Waals surface area contributed by atoms with Crippen LogP contribution in [-0.2, 0) is 16.2 Å². The molecule has 2 aromatic carbocycles. The van der Waals surface area contributed by atoms with E-state index in [1.54, 1.807) is 19.1 Å². The summed E-state index contributed by atoms with van der Waals surface area (Å²) in [5, 5.41) is 2.68. The molecule has 3 rings (SSSR count). The van der Waals surface area contributed by atoms with Crippen molar-refractivity contribution in [2.24, 2.45) is 0 Å². The maximum atomic E-state index is 12.8. The van der Waals surface area contributed by atoms with E-state index in [1.165, 1.54) is 30.5 Å². The molecule has 0 spiro atoms. The Labute approximate surface area is 170 Å². The molecule has 10 heteroatoms. The number of rotatable bonds is 6. The number of carbonyl (C=O) groups excluding carboxylic acids is 1. The number of alkyl halides is 3. The van der Waals surface area contributed by atoms with Gasteiger partial charge in [-0.2, -0.15) is 13.2 Å². The highest BCUT2D eigenvalue weighted by atomic mass is 32.2. The van der Waals surface area contributed by atoms with Crippen LogP contribution in [0.2, 0.25) is 0 Å². The number of anilines is 1. The van der Waals surface area contributed by atoms with Gasteiger partial charge in [-0.15, -0.1) is 0 Å². The second kappa shape index (κ2) is 8.23. The summed E-state index contributed by atoms with van der Waals surface area (Å²) < 4.78 is 71.1. The molecule has 0 aliphatic rings. The highest BCUT2D eigenvalue weighted by Gasteiger charge is 2.30. The van der Waals surface area contributed by atoms with Gasteiger partial charge in [0.05, 0.1) is 22.8 Å². The zero-order valence-electron chi connectivity index (χ0n) is 15.6. The minimum atomic E-state index is -4.61. The first-order chi connectivity index (χ1) is 14.1. The molecule has 2 N–H and O–H groups in total. The molecular weight excluding hydrogens is 421 g/mol. The summed E-state index contributed by atoms with van der Waals surface area (Å²) in [4.78, 5) is 12.2. The number of sulfonamides is 1. The summed E-state index contributed by atoms with van der Waals surface area (Å²) >= 11 is 0. The fourth-order valence-electron chi connectivity index (χ4n) is 2.67. The van der Waals surface area contributed by atoms with Crippen molar-refractivity contribution in [3.63, 3.8) is 0 Å². The molecule has 1 atom stereocenters. The number of nitrogens with one attached hydrogen (secondary N) is 2. The maximum absolute atomic E-state index is 12.8. The maximum Gasteiger partial charge on any atom is 0.416 e. The van der Waals surface area contributed by atoms with Gasteiger partial charge in [-0.05, 0) is 55.5 Å². The van der Waals surface area contributed by atoms with Crippen LogP contribution in [0.3, 0.4) is 0 Å². The first-order valence-electron chi connectivity index (χ1n) is 8.71. The zero-order chi connectivity index (χ0) is 21.9. The number of halogens is 3. The van der Waals surface area contributed by atoms with E-state index in [9.17, 15) is 26.4 Å². The molecule has 0 aliphatic heterocycles. The van der Waals surface area contributed by atoms with Crippen LogP contribution < -0.4 is 10.0 Å². The average molecular weight is 438 g/mol. The lowest BCUT2D eigenvalue weighted by atomic mass is 10.2. The molecular formula is C20H17F3N2O4S. The molecule has 0 radical (unpaired) electrons. The van der Waals surface area contributed by atoms with Crippen LogP contribution in [0.1, 0.15) is 34.6 Å². The number of carbonyl (C=O) groups is 1. The molecule has 0 saturated carbocycles. The third-order valence-corrected chi connectivity index (χ3v) is 5.55. The van der Waals surface area contributed by atoms with Crippen molar-refractivity contribution in [1.29, 1.82) is 0 Å². The number of hydrogen-bond donors (Lipinski definition) is 2. The Balaban J connectivity index is 1.80. The Morgan fingerprint density at radius 1 is 1.03 bits per heavy atom. The fraction of sp³-hybridized carbons (Fsp3) is 0.150. The number of amides is 1. The van der Waals surface area contributed by atoms with Crippen LogP contribution in [-0.4, -0.2) is 14.3 Å². The van der Waals surface area contributed by atoms with Crippen LogP contribution in [0.5, 0.6) is 0 Å². The quantitative estimate of drug-likeness (QED) is 0.589. The first kappa shape index (κ1) is 21.4. The van der Waals surface area contributed by atoms with Crippen molar-refractivity contribution < 1.29 is 30.8 Å². The van der Waals surface area contributed by atoms with Crippen molar-refractivity contribution >= 4 is 21.6 Å². The SMILES string of the molecule is CC(NC(=O)c1cccc(S(=O)(=O)Nc2cccc(C(F)(F)F)c2)c1)c1ccco1. The van der Waals surface area contributed by atoms with Crippen molar-refractivity contribution in [2.75, 3.05) is 4.72 Å². The van der Waals surface area contributed by atoms with E-state index in [-0.39, 0.29) is 16.1 Å². The van der Waals surface area contributed by atoms with Crippen LogP contribution >= 0.6 is 0 Å². The molecule has 1 amide bonds. The van der Waals surface area contributed by atoms with Gasteiger partial charge >= 0.3 is 6.18 Å². The summed E-state index contributed by atoms with van der Waals surface area (Å²) in [7, 11) is -4.22. The lowest BCUT2D eigenvalue weighted by Gasteiger charge is -2.13. The zero-order valence-corrected chi connectivity index (χ0v) is 16.4. The van der Waals surface area contributed by atoms with E-state index < -0.39 is 33.7 Å². The van der Waals surface area contributed by atoms with Crippen molar-refractivity contribution in [3.8, 4) is 0 Å². The van der Waals surface area contributed by atoms with Gasteiger partial charge in [0.15, 0.2) is 0 Å². The molecule has 3 aromatic rings. The predicted octanol–water partition coefficient (Wildman–Crippen LogP) is 4.59. The Hall–Kier alpha value is -3.27. The summed E-state index contributed by atoms with van der Waals surface area (Å²) in [6.07, 6.45) is -3.14. The summed E-state index contributed by atoms with van der Waals surface area (Å²) in [5.74, 6) is -0.00615. The Morgan fingerprint density at radius 3 is 2.43 bits per heavy atom. The molecule has 0 saturated heterocycles. The normalized spacial score (nSPS) is 12.9. The molecule has 0 aliphatic carbocycles. The monoisotopic (exact) mass is 438 g/mol. The van der Waals surface area contributed by atoms with Crippen LogP contribution in [0.25, 0.3) is 0 Å². The lowest BCUT2D eigenvalue weighted by Crippen LogP contribution is -2.26.